The highest BCUT2D eigenvalue weighted by Crippen LogP contribution is 2.34. The van der Waals surface area contributed by atoms with Crippen LogP contribution in [-0.2, 0) is 43.6 Å². The number of benzene rings is 2. The van der Waals surface area contributed by atoms with Crippen LogP contribution in [0.15, 0.2) is 72.2 Å². The number of sulfone groups is 2. The first-order valence-electron chi connectivity index (χ1n) is 11.9. The van der Waals surface area contributed by atoms with E-state index in [1.807, 2.05) is 0 Å². The summed E-state index contributed by atoms with van der Waals surface area (Å²) in [6, 6.07) is 8.96. The SMILES string of the molecule is Cc1[nH]n(-c2ccc(S(=O)(=O)CCOS(=O)(=O)O)cc2)c(=O)c1N=Nc1ccc(S(=O)(=O)CCN(C)C)cc1SOOO. The third-order valence-corrected chi connectivity index (χ3v) is 10.1. The molecule has 1 heterocycles. The van der Waals surface area contributed by atoms with Crippen molar-refractivity contribution in [2.75, 3.05) is 38.8 Å². The number of rotatable bonds is 15. The summed E-state index contributed by atoms with van der Waals surface area (Å²) in [5, 5.41) is 23.0. The van der Waals surface area contributed by atoms with Crippen molar-refractivity contribution in [1.29, 1.82) is 0 Å². The number of aromatic nitrogens is 2. The maximum atomic E-state index is 13.1. The van der Waals surface area contributed by atoms with Gasteiger partial charge in [0.25, 0.3) is 5.56 Å². The van der Waals surface area contributed by atoms with Gasteiger partial charge in [0.05, 0.1) is 56.2 Å². The molecule has 0 bridgehead atoms. The second kappa shape index (κ2) is 14.2. The molecule has 0 radical (unpaired) electrons. The molecule has 236 valence electrons. The van der Waals surface area contributed by atoms with Crippen LogP contribution in [0.25, 0.3) is 5.69 Å². The minimum absolute atomic E-state index is 0.0334. The maximum Gasteiger partial charge on any atom is 0.397 e. The van der Waals surface area contributed by atoms with E-state index in [1.54, 1.807) is 25.9 Å². The van der Waals surface area contributed by atoms with E-state index in [4.69, 9.17) is 9.81 Å². The van der Waals surface area contributed by atoms with Crippen LogP contribution in [0.2, 0.25) is 0 Å². The van der Waals surface area contributed by atoms with E-state index in [0.717, 1.165) is 4.68 Å². The fraction of sp³-hybridized carbons (Fsp3) is 0.318. The first kappa shape index (κ1) is 34.5. The van der Waals surface area contributed by atoms with Gasteiger partial charge in [0.1, 0.15) is 5.69 Å². The Bertz CT molecular complexity index is 1850. The summed E-state index contributed by atoms with van der Waals surface area (Å²) < 4.78 is 89.7. The van der Waals surface area contributed by atoms with Gasteiger partial charge in [-0.3, -0.25) is 14.4 Å². The molecule has 1 aromatic heterocycles. The predicted octanol–water partition coefficient (Wildman–Crippen LogP) is 2.25. The molecular formula is C22H27N5O12S4. The lowest BCUT2D eigenvalue weighted by atomic mass is 10.3. The molecule has 0 aliphatic carbocycles. The van der Waals surface area contributed by atoms with Crippen LogP contribution >= 0.6 is 12.0 Å². The van der Waals surface area contributed by atoms with E-state index in [9.17, 15) is 30.0 Å². The number of hydrogen-bond donors (Lipinski definition) is 3. The van der Waals surface area contributed by atoms with E-state index in [2.05, 4.69) is 28.9 Å². The van der Waals surface area contributed by atoms with Gasteiger partial charge in [0.15, 0.2) is 25.4 Å². The van der Waals surface area contributed by atoms with Crippen molar-refractivity contribution in [3.8, 4) is 5.69 Å². The van der Waals surface area contributed by atoms with Crippen molar-refractivity contribution >= 4 is 53.5 Å². The normalized spacial score (nSPS) is 12.9. The number of nitrogens with zero attached hydrogens (tertiary/aromatic N) is 4. The standard InChI is InChI=1S/C22H27N5O12S4/c1-15-21(24-23-19-9-8-18(14-20(19)40-39-38-29)41(30,31)12-10-26(2)3)22(28)27(25-15)16-4-6-17(7-5-16)42(32,33)13-11-37-43(34,35)36/h4-9,14,25,29H,10-13H2,1-3H3,(H,34,35,36). The average molecular weight is 682 g/mol. The van der Waals surface area contributed by atoms with E-state index in [1.165, 1.54) is 42.5 Å². The van der Waals surface area contributed by atoms with Gasteiger partial charge >= 0.3 is 10.4 Å². The Kier molecular flexibility index (Phi) is 11.4. The Hall–Kier alpha value is -2.99. The molecule has 0 aliphatic heterocycles. The Morgan fingerprint density at radius 2 is 1.58 bits per heavy atom. The number of aryl methyl sites for hydroxylation is 1. The highest BCUT2D eigenvalue weighted by atomic mass is 32.3. The van der Waals surface area contributed by atoms with Gasteiger partial charge in [-0.15, -0.1) is 14.6 Å². The van der Waals surface area contributed by atoms with Crippen LogP contribution in [0.5, 0.6) is 0 Å². The average Bonchev–Trinajstić information content (AvgIpc) is 3.21. The minimum atomic E-state index is -4.79. The lowest BCUT2D eigenvalue weighted by molar-refractivity contribution is -0.432. The lowest BCUT2D eigenvalue weighted by Crippen LogP contribution is -2.21. The molecule has 0 fully saturated rings. The number of H-pyrrole nitrogens is 1. The highest BCUT2D eigenvalue weighted by molar-refractivity contribution is 7.95. The van der Waals surface area contributed by atoms with Crippen LogP contribution in [0.4, 0.5) is 11.4 Å². The number of azo groups is 1. The summed E-state index contributed by atoms with van der Waals surface area (Å²) in [5.41, 5.74) is -0.144. The minimum Gasteiger partial charge on any atom is -0.308 e. The van der Waals surface area contributed by atoms with Crippen LogP contribution in [0.1, 0.15) is 5.69 Å². The van der Waals surface area contributed by atoms with Gasteiger partial charge in [-0.05, 0) is 63.5 Å². The summed E-state index contributed by atoms with van der Waals surface area (Å²) in [7, 11) is -8.97. The maximum absolute atomic E-state index is 13.1. The second-order valence-corrected chi connectivity index (χ2v) is 15.0. The molecule has 0 atom stereocenters. The van der Waals surface area contributed by atoms with Crippen LogP contribution < -0.4 is 5.56 Å². The molecule has 2 aromatic carbocycles. The van der Waals surface area contributed by atoms with E-state index < -0.39 is 48.0 Å². The van der Waals surface area contributed by atoms with Gasteiger partial charge in [-0.1, -0.05) is 5.04 Å². The molecule has 17 nitrogen and oxygen atoms in total. The first-order valence-corrected chi connectivity index (χ1v) is 17.3. The van der Waals surface area contributed by atoms with Crippen molar-refractivity contribution in [1.82, 2.24) is 14.7 Å². The number of nitrogens with one attached hydrogen (secondary N) is 1. The highest BCUT2D eigenvalue weighted by Gasteiger charge is 2.20. The summed E-state index contributed by atoms with van der Waals surface area (Å²) in [4.78, 5) is 14.7. The molecular weight excluding hydrogens is 655 g/mol. The summed E-state index contributed by atoms with van der Waals surface area (Å²) in [6.45, 7) is 1.03. The van der Waals surface area contributed by atoms with Gasteiger partial charge in [0, 0.05) is 6.54 Å². The van der Waals surface area contributed by atoms with Gasteiger partial charge in [-0.2, -0.15) is 8.42 Å². The summed E-state index contributed by atoms with van der Waals surface area (Å²) >= 11 is 0.465. The summed E-state index contributed by atoms with van der Waals surface area (Å²) in [6.07, 6.45) is 0. The molecule has 0 spiro atoms. The Morgan fingerprint density at radius 3 is 2.19 bits per heavy atom. The van der Waals surface area contributed by atoms with Gasteiger partial charge < -0.3 is 4.90 Å². The molecule has 0 unspecified atom stereocenters. The zero-order valence-electron chi connectivity index (χ0n) is 22.8. The van der Waals surface area contributed by atoms with E-state index >= 15 is 0 Å². The largest absolute Gasteiger partial charge is 0.397 e. The van der Waals surface area contributed by atoms with Crippen molar-refractivity contribution < 1.29 is 48.6 Å². The van der Waals surface area contributed by atoms with Gasteiger partial charge in [0.2, 0.25) is 0 Å². The zero-order chi connectivity index (χ0) is 32.0. The van der Waals surface area contributed by atoms with Crippen molar-refractivity contribution in [3.63, 3.8) is 0 Å². The van der Waals surface area contributed by atoms with E-state index in [0.29, 0.717) is 17.7 Å². The third-order valence-electron chi connectivity index (χ3n) is 5.59. The molecule has 21 heteroatoms. The van der Waals surface area contributed by atoms with Crippen LogP contribution in [-0.4, -0.2) is 88.5 Å². The molecule has 0 saturated carbocycles. The van der Waals surface area contributed by atoms with Crippen LogP contribution in [0.3, 0.4) is 0 Å². The molecule has 0 amide bonds. The van der Waals surface area contributed by atoms with Crippen molar-refractivity contribution in [2.45, 2.75) is 21.6 Å². The molecule has 3 N–H and O–H groups in total. The van der Waals surface area contributed by atoms with Gasteiger partial charge in [-0.25, -0.2) is 31.0 Å². The van der Waals surface area contributed by atoms with Crippen molar-refractivity contribution in [2.24, 2.45) is 10.2 Å². The number of aromatic amines is 1. The second-order valence-electron chi connectivity index (χ2n) is 8.97. The Morgan fingerprint density at radius 1 is 0.953 bits per heavy atom. The molecule has 0 aliphatic rings. The quantitative estimate of drug-likeness (QED) is 0.0686. The predicted molar refractivity (Wildman–Crippen MR) is 153 cm³/mol. The van der Waals surface area contributed by atoms with Crippen LogP contribution in [0, 0.1) is 6.92 Å². The van der Waals surface area contributed by atoms with E-state index in [-0.39, 0.29) is 44.0 Å². The Labute approximate surface area is 250 Å². The fourth-order valence-corrected chi connectivity index (χ4v) is 6.87. The topological polar surface area (TPSA) is 236 Å². The molecule has 3 aromatic rings. The monoisotopic (exact) mass is 681 g/mol. The van der Waals surface area contributed by atoms with Crippen molar-refractivity contribution in [3.05, 3.63) is 58.5 Å². The number of hydrogen-bond acceptors (Lipinski definition) is 15. The Balaban J connectivity index is 1.87. The molecule has 0 saturated heterocycles. The fourth-order valence-electron chi connectivity index (χ4n) is 3.42. The first-order chi connectivity index (χ1) is 20.0. The molecule has 43 heavy (non-hydrogen) atoms. The summed E-state index contributed by atoms with van der Waals surface area (Å²) in [5.74, 6) is -0.878. The zero-order valence-corrected chi connectivity index (χ0v) is 26.0. The smallest absolute Gasteiger partial charge is 0.308 e. The molecule has 3 rings (SSSR count). The third kappa shape index (κ3) is 9.50. The lowest BCUT2D eigenvalue weighted by Gasteiger charge is -2.11.